The standard InChI is InChI=1S/C8H14O4/c1-4-6(3-9)12-8(11)5(2)7(4)10/h4-7,9-10H,3H2,1-2H3/t4-,5+,6-,7-/m0/s1. The molecule has 4 heteroatoms. The van der Waals surface area contributed by atoms with Crippen LogP contribution in [0.3, 0.4) is 0 Å². The van der Waals surface area contributed by atoms with E-state index in [-0.39, 0.29) is 12.5 Å². The highest BCUT2D eigenvalue weighted by Crippen LogP contribution is 2.25. The predicted molar refractivity (Wildman–Crippen MR) is 41.3 cm³/mol. The zero-order valence-corrected chi connectivity index (χ0v) is 7.23. The van der Waals surface area contributed by atoms with E-state index in [1.54, 1.807) is 13.8 Å². The van der Waals surface area contributed by atoms with Crippen molar-refractivity contribution in [2.45, 2.75) is 26.1 Å². The Morgan fingerprint density at radius 2 is 2.08 bits per heavy atom. The molecule has 0 radical (unpaired) electrons. The Hall–Kier alpha value is -0.610. The minimum absolute atomic E-state index is 0.192. The van der Waals surface area contributed by atoms with Crippen molar-refractivity contribution < 1.29 is 19.7 Å². The van der Waals surface area contributed by atoms with Gasteiger partial charge in [0.15, 0.2) is 0 Å². The molecule has 0 spiro atoms. The molecule has 0 aromatic rings. The second-order valence-corrected chi connectivity index (χ2v) is 3.30. The van der Waals surface area contributed by atoms with Gasteiger partial charge in [-0.2, -0.15) is 0 Å². The molecule has 1 rings (SSSR count). The van der Waals surface area contributed by atoms with Gasteiger partial charge in [-0.1, -0.05) is 6.92 Å². The van der Waals surface area contributed by atoms with Crippen molar-refractivity contribution in [3.8, 4) is 0 Å². The van der Waals surface area contributed by atoms with E-state index < -0.39 is 24.1 Å². The van der Waals surface area contributed by atoms with Crippen molar-refractivity contribution in [1.82, 2.24) is 0 Å². The number of hydrogen-bond donors (Lipinski definition) is 2. The van der Waals surface area contributed by atoms with Crippen molar-refractivity contribution in [3.05, 3.63) is 0 Å². The fourth-order valence-electron chi connectivity index (χ4n) is 1.38. The summed E-state index contributed by atoms with van der Waals surface area (Å²) in [6.45, 7) is 3.16. The summed E-state index contributed by atoms with van der Waals surface area (Å²) >= 11 is 0. The number of aliphatic hydroxyl groups excluding tert-OH is 2. The molecule has 70 valence electrons. The van der Waals surface area contributed by atoms with Crippen molar-refractivity contribution in [2.24, 2.45) is 11.8 Å². The van der Waals surface area contributed by atoms with Gasteiger partial charge in [0.1, 0.15) is 6.10 Å². The van der Waals surface area contributed by atoms with E-state index in [2.05, 4.69) is 0 Å². The van der Waals surface area contributed by atoms with Crippen LogP contribution in [0.4, 0.5) is 0 Å². The smallest absolute Gasteiger partial charge is 0.311 e. The lowest BCUT2D eigenvalue weighted by Gasteiger charge is -2.35. The van der Waals surface area contributed by atoms with Gasteiger partial charge in [-0.15, -0.1) is 0 Å². The molecule has 1 fully saturated rings. The zero-order valence-electron chi connectivity index (χ0n) is 7.23. The highest BCUT2D eigenvalue weighted by molar-refractivity contribution is 5.73. The lowest BCUT2D eigenvalue weighted by molar-refractivity contribution is -0.180. The minimum Gasteiger partial charge on any atom is -0.459 e. The second kappa shape index (κ2) is 3.41. The molecule has 1 heterocycles. The zero-order chi connectivity index (χ0) is 9.30. The fraction of sp³-hybridized carbons (Fsp3) is 0.875. The van der Waals surface area contributed by atoms with Gasteiger partial charge in [-0.05, 0) is 6.92 Å². The van der Waals surface area contributed by atoms with Crippen LogP contribution in [0.5, 0.6) is 0 Å². The van der Waals surface area contributed by atoms with Gasteiger partial charge in [0.2, 0.25) is 0 Å². The number of cyclic esters (lactones) is 1. The Balaban J connectivity index is 2.70. The summed E-state index contributed by atoms with van der Waals surface area (Å²) in [6, 6.07) is 0. The maximum atomic E-state index is 11.0. The summed E-state index contributed by atoms with van der Waals surface area (Å²) in [5.41, 5.74) is 0. The molecule has 0 aliphatic carbocycles. The molecule has 0 saturated carbocycles. The van der Waals surface area contributed by atoms with Gasteiger partial charge in [0.05, 0.1) is 18.6 Å². The molecule has 12 heavy (non-hydrogen) atoms. The van der Waals surface area contributed by atoms with Gasteiger partial charge >= 0.3 is 5.97 Å². The maximum Gasteiger partial charge on any atom is 0.311 e. The molecule has 2 N–H and O–H groups in total. The van der Waals surface area contributed by atoms with Crippen LogP contribution in [-0.4, -0.2) is 35.0 Å². The molecule has 0 amide bonds. The third-order valence-electron chi connectivity index (χ3n) is 2.46. The Morgan fingerprint density at radius 3 is 2.58 bits per heavy atom. The topological polar surface area (TPSA) is 66.8 Å². The Kier molecular flexibility index (Phi) is 2.69. The molecule has 1 saturated heterocycles. The average molecular weight is 174 g/mol. The molecular weight excluding hydrogens is 160 g/mol. The molecule has 0 unspecified atom stereocenters. The Bertz CT molecular complexity index is 178. The first-order valence-electron chi connectivity index (χ1n) is 4.07. The number of aliphatic hydroxyl groups is 2. The first kappa shape index (κ1) is 9.48. The van der Waals surface area contributed by atoms with Crippen LogP contribution in [-0.2, 0) is 9.53 Å². The first-order valence-corrected chi connectivity index (χ1v) is 4.07. The number of carbonyl (C=O) groups excluding carboxylic acids is 1. The van der Waals surface area contributed by atoms with Crippen LogP contribution in [0.1, 0.15) is 13.8 Å². The Labute approximate surface area is 71.2 Å². The SMILES string of the molecule is C[C@@H]1[C@H](O)[C@@H](C)C(=O)O[C@H]1CO. The third kappa shape index (κ3) is 1.44. The molecule has 4 atom stereocenters. The summed E-state index contributed by atoms with van der Waals surface area (Å²) in [5.74, 6) is -1.11. The maximum absolute atomic E-state index is 11.0. The monoisotopic (exact) mass is 174 g/mol. The summed E-state index contributed by atoms with van der Waals surface area (Å²) in [5, 5.41) is 18.3. The largest absolute Gasteiger partial charge is 0.459 e. The van der Waals surface area contributed by atoms with Gasteiger partial charge in [0, 0.05) is 5.92 Å². The highest BCUT2D eigenvalue weighted by atomic mass is 16.6. The number of carbonyl (C=O) groups is 1. The van der Waals surface area contributed by atoms with E-state index in [0.29, 0.717) is 0 Å². The van der Waals surface area contributed by atoms with E-state index >= 15 is 0 Å². The Morgan fingerprint density at radius 1 is 1.50 bits per heavy atom. The molecule has 1 aliphatic heterocycles. The van der Waals surface area contributed by atoms with E-state index in [1.807, 2.05) is 0 Å². The number of ether oxygens (including phenoxy) is 1. The third-order valence-corrected chi connectivity index (χ3v) is 2.46. The van der Waals surface area contributed by atoms with E-state index in [4.69, 9.17) is 9.84 Å². The quantitative estimate of drug-likeness (QED) is 0.528. The van der Waals surface area contributed by atoms with Crippen LogP contribution in [0.15, 0.2) is 0 Å². The van der Waals surface area contributed by atoms with Crippen molar-refractivity contribution in [1.29, 1.82) is 0 Å². The van der Waals surface area contributed by atoms with E-state index in [0.717, 1.165) is 0 Å². The van der Waals surface area contributed by atoms with Gasteiger partial charge < -0.3 is 14.9 Å². The van der Waals surface area contributed by atoms with Crippen molar-refractivity contribution in [2.75, 3.05) is 6.61 Å². The summed E-state index contributed by atoms with van der Waals surface area (Å²) in [7, 11) is 0. The van der Waals surface area contributed by atoms with Gasteiger partial charge in [0.25, 0.3) is 0 Å². The van der Waals surface area contributed by atoms with Gasteiger partial charge in [-0.3, -0.25) is 4.79 Å². The number of hydrogen-bond acceptors (Lipinski definition) is 4. The fourth-order valence-corrected chi connectivity index (χ4v) is 1.38. The van der Waals surface area contributed by atoms with Crippen LogP contribution >= 0.6 is 0 Å². The number of esters is 1. The predicted octanol–water partition coefficient (Wildman–Crippen LogP) is -0.463. The molecule has 4 nitrogen and oxygen atoms in total. The van der Waals surface area contributed by atoms with E-state index in [1.165, 1.54) is 0 Å². The van der Waals surface area contributed by atoms with E-state index in [9.17, 15) is 9.90 Å². The molecule has 0 aromatic carbocycles. The normalized spacial score (nSPS) is 42.5. The summed E-state index contributed by atoms with van der Waals surface area (Å²) in [4.78, 5) is 11.0. The second-order valence-electron chi connectivity index (χ2n) is 3.30. The summed E-state index contributed by atoms with van der Waals surface area (Å²) in [6.07, 6.45) is -1.26. The molecular formula is C8H14O4. The molecule has 1 aliphatic rings. The molecule has 0 aromatic heterocycles. The van der Waals surface area contributed by atoms with Crippen molar-refractivity contribution in [3.63, 3.8) is 0 Å². The highest BCUT2D eigenvalue weighted by Gasteiger charge is 2.39. The van der Waals surface area contributed by atoms with Gasteiger partial charge in [-0.25, -0.2) is 0 Å². The van der Waals surface area contributed by atoms with Crippen LogP contribution in [0.25, 0.3) is 0 Å². The van der Waals surface area contributed by atoms with Crippen LogP contribution < -0.4 is 0 Å². The summed E-state index contributed by atoms with van der Waals surface area (Å²) < 4.78 is 4.88. The number of rotatable bonds is 1. The molecule has 0 bridgehead atoms. The lowest BCUT2D eigenvalue weighted by atomic mass is 9.87. The van der Waals surface area contributed by atoms with Crippen molar-refractivity contribution >= 4 is 5.97 Å². The van der Waals surface area contributed by atoms with Crippen LogP contribution in [0.2, 0.25) is 0 Å². The van der Waals surface area contributed by atoms with Crippen LogP contribution in [0, 0.1) is 11.8 Å². The average Bonchev–Trinajstić information content (AvgIpc) is 2.08. The first-order chi connectivity index (χ1) is 5.57. The minimum atomic E-state index is -0.705. The lowest BCUT2D eigenvalue weighted by Crippen LogP contribution is -2.47.